The first kappa shape index (κ1) is 9.63. The molecule has 2 aromatic rings. The van der Waals surface area contributed by atoms with E-state index in [1.54, 1.807) is 0 Å². The smallest absolute Gasteiger partial charge is 0.215 e. The maximum absolute atomic E-state index is 9.37. The van der Waals surface area contributed by atoms with Gasteiger partial charge in [0.1, 0.15) is 0 Å². The van der Waals surface area contributed by atoms with Crippen molar-refractivity contribution in [2.45, 2.75) is 6.29 Å². The van der Waals surface area contributed by atoms with Crippen molar-refractivity contribution < 1.29 is 15.3 Å². The van der Waals surface area contributed by atoms with Gasteiger partial charge in [-0.2, -0.15) is 9.78 Å². The van der Waals surface area contributed by atoms with Gasteiger partial charge in [0, 0.05) is 17.8 Å². The molecular weight excluding hydrogens is 198 g/mol. The van der Waals surface area contributed by atoms with Crippen LogP contribution in [0.3, 0.4) is 0 Å². The summed E-state index contributed by atoms with van der Waals surface area (Å²) in [5.74, 6) is 0.259. The van der Waals surface area contributed by atoms with Gasteiger partial charge in [0.2, 0.25) is 5.88 Å². The number of hydrogen-bond acceptors (Lipinski definition) is 5. The van der Waals surface area contributed by atoms with Crippen molar-refractivity contribution in [1.29, 1.82) is 0 Å². The molecular formula is C9H9N3O3. The van der Waals surface area contributed by atoms with E-state index < -0.39 is 6.29 Å². The third kappa shape index (κ3) is 1.80. The van der Waals surface area contributed by atoms with E-state index in [1.807, 2.05) is 0 Å². The predicted octanol–water partition coefficient (Wildman–Crippen LogP) is -0.0439. The van der Waals surface area contributed by atoms with Gasteiger partial charge in [-0.15, -0.1) is 0 Å². The van der Waals surface area contributed by atoms with Crippen LogP contribution in [-0.2, 0) is 0 Å². The molecule has 0 atom stereocenters. The molecule has 0 saturated heterocycles. The highest BCUT2D eigenvalue weighted by Crippen LogP contribution is 2.16. The Kier molecular flexibility index (Phi) is 2.36. The van der Waals surface area contributed by atoms with Crippen LogP contribution in [0.1, 0.15) is 11.9 Å². The van der Waals surface area contributed by atoms with Gasteiger partial charge in [-0.25, -0.2) is 4.98 Å². The van der Waals surface area contributed by atoms with E-state index in [1.165, 1.54) is 35.3 Å². The summed E-state index contributed by atoms with van der Waals surface area (Å²) in [4.78, 5) is 3.94. The van der Waals surface area contributed by atoms with E-state index in [-0.39, 0.29) is 11.4 Å². The Balaban J connectivity index is 2.46. The van der Waals surface area contributed by atoms with Gasteiger partial charge >= 0.3 is 0 Å². The van der Waals surface area contributed by atoms with Gasteiger partial charge in [-0.1, -0.05) is 0 Å². The van der Waals surface area contributed by atoms with Crippen molar-refractivity contribution in [2.24, 2.45) is 0 Å². The van der Waals surface area contributed by atoms with E-state index in [0.29, 0.717) is 5.82 Å². The topological polar surface area (TPSA) is 91.4 Å². The van der Waals surface area contributed by atoms with Crippen LogP contribution in [0.5, 0.6) is 5.88 Å². The molecule has 0 radical (unpaired) electrons. The lowest BCUT2D eigenvalue weighted by Gasteiger charge is -2.06. The minimum Gasteiger partial charge on any atom is -0.493 e. The van der Waals surface area contributed by atoms with Crippen LogP contribution in [0.15, 0.2) is 30.6 Å². The van der Waals surface area contributed by atoms with Gasteiger partial charge in [0.05, 0.1) is 6.20 Å². The molecule has 0 amide bonds. The van der Waals surface area contributed by atoms with E-state index in [9.17, 15) is 5.11 Å². The van der Waals surface area contributed by atoms with Crippen molar-refractivity contribution in [3.05, 3.63) is 36.2 Å². The van der Waals surface area contributed by atoms with Crippen molar-refractivity contribution in [3.8, 4) is 11.7 Å². The van der Waals surface area contributed by atoms with Crippen LogP contribution >= 0.6 is 0 Å². The van der Waals surface area contributed by atoms with Gasteiger partial charge in [-0.05, 0) is 12.1 Å². The number of nitrogens with zero attached hydrogens (tertiary/aromatic N) is 3. The van der Waals surface area contributed by atoms with E-state index in [4.69, 9.17) is 10.2 Å². The lowest BCUT2D eigenvalue weighted by Crippen LogP contribution is -2.02. The highest BCUT2D eigenvalue weighted by Gasteiger charge is 2.08. The van der Waals surface area contributed by atoms with Crippen molar-refractivity contribution in [1.82, 2.24) is 14.8 Å². The second-order valence-corrected chi connectivity index (χ2v) is 2.92. The number of aromatic nitrogens is 3. The lowest BCUT2D eigenvalue weighted by molar-refractivity contribution is -0.0425. The molecule has 0 aliphatic rings. The maximum atomic E-state index is 9.37. The van der Waals surface area contributed by atoms with Crippen molar-refractivity contribution >= 4 is 0 Å². The van der Waals surface area contributed by atoms with Crippen LogP contribution in [0, 0.1) is 0 Å². The Bertz CT molecular complexity index is 467. The third-order valence-electron chi connectivity index (χ3n) is 1.91. The minimum atomic E-state index is -1.57. The number of pyridine rings is 1. The SMILES string of the molecule is Oc1ccnn1-c1cc(C(O)O)ccn1. The molecule has 2 rings (SSSR count). The molecule has 6 heteroatoms. The molecule has 0 aliphatic carbocycles. The second kappa shape index (κ2) is 3.68. The average Bonchev–Trinajstić information content (AvgIpc) is 2.64. The zero-order chi connectivity index (χ0) is 10.8. The van der Waals surface area contributed by atoms with Gasteiger partial charge in [0.15, 0.2) is 12.1 Å². The molecule has 0 unspecified atom stereocenters. The fourth-order valence-electron chi connectivity index (χ4n) is 1.18. The summed E-state index contributed by atoms with van der Waals surface area (Å²) in [6.07, 6.45) is 1.26. The van der Waals surface area contributed by atoms with E-state index >= 15 is 0 Å². The largest absolute Gasteiger partial charge is 0.493 e. The molecule has 0 spiro atoms. The molecule has 0 bridgehead atoms. The van der Waals surface area contributed by atoms with Gasteiger partial charge in [-0.3, -0.25) is 0 Å². The predicted molar refractivity (Wildman–Crippen MR) is 50.2 cm³/mol. The first-order chi connectivity index (χ1) is 7.18. The van der Waals surface area contributed by atoms with Gasteiger partial charge < -0.3 is 15.3 Å². The minimum absolute atomic E-state index is 0.0629. The third-order valence-corrected chi connectivity index (χ3v) is 1.91. The Labute approximate surface area is 85.1 Å². The summed E-state index contributed by atoms with van der Waals surface area (Å²) in [5, 5.41) is 31.1. The Morgan fingerprint density at radius 1 is 1.20 bits per heavy atom. The Hall–Kier alpha value is -1.92. The molecule has 0 aliphatic heterocycles. The molecule has 2 heterocycles. The molecule has 6 nitrogen and oxygen atoms in total. The second-order valence-electron chi connectivity index (χ2n) is 2.92. The number of aliphatic hydroxyl groups is 2. The Morgan fingerprint density at radius 3 is 2.60 bits per heavy atom. The molecule has 0 fully saturated rings. The monoisotopic (exact) mass is 207 g/mol. The first-order valence-electron chi connectivity index (χ1n) is 4.24. The first-order valence-corrected chi connectivity index (χ1v) is 4.24. The maximum Gasteiger partial charge on any atom is 0.215 e. The Morgan fingerprint density at radius 2 is 2.00 bits per heavy atom. The number of aliphatic hydroxyl groups excluding tert-OH is 1. The summed E-state index contributed by atoms with van der Waals surface area (Å²) < 4.78 is 1.19. The number of aromatic hydroxyl groups is 1. The van der Waals surface area contributed by atoms with Crippen molar-refractivity contribution in [3.63, 3.8) is 0 Å². The molecule has 15 heavy (non-hydrogen) atoms. The zero-order valence-corrected chi connectivity index (χ0v) is 7.65. The highest BCUT2D eigenvalue weighted by molar-refractivity contribution is 5.30. The van der Waals surface area contributed by atoms with Crippen LogP contribution in [-0.4, -0.2) is 30.1 Å². The summed E-state index contributed by atoms with van der Waals surface area (Å²) in [7, 11) is 0. The highest BCUT2D eigenvalue weighted by atomic mass is 16.5. The van der Waals surface area contributed by atoms with Crippen molar-refractivity contribution in [2.75, 3.05) is 0 Å². The lowest BCUT2D eigenvalue weighted by atomic mass is 10.2. The zero-order valence-electron chi connectivity index (χ0n) is 7.65. The molecule has 0 saturated carbocycles. The van der Waals surface area contributed by atoms with Crippen LogP contribution in [0.25, 0.3) is 5.82 Å². The van der Waals surface area contributed by atoms with Crippen LogP contribution in [0.4, 0.5) is 0 Å². The number of hydrogen-bond donors (Lipinski definition) is 3. The molecule has 3 N–H and O–H groups in total. The standard InChI is InChI=1S/C9H9N3O3/c13-8-2-4-11-12(8)7-5-6(9(14)15)1-3-10-7/h1-5,9,13-15H. The summed E-state index contributed by atoms with van der Waals surface area (Å²) in [5.41, 5.74) is 0.287. The summed E-state index contributed by atoms with van der Waals surface area (Å²) in [6, 6.07) is 4.30. The quantitative estimate of drug-likeness (QED) is 0.601. The molecule has 2 aromatic heterocycles. The average molecular weight is 207 g/mol. The molecule has 0 aromatic carbocycles. The fourth-order valence-corrected chi connectivity index (χ4v) is 1.18. The van der Waals surface area contributed by atoms with E-state index in [0.717, 1.165) is 0 Å². The summed E-state index contributed by atoms with van der Waals surface area (Å²) in [6.45, 7) is 0. The van der Waals surface area contributed by atoms with Gasteiger partial charge in [0.25, 0.3) is 0 Å². The van der Waals surface area contributed by atoms with E-state index in [2.05, 4.69) is 10.1 Å². The normalized spacial score (nSPS) is 10.9. The summed E-state index contributed by atoms with van der Waals surface area (Å²) >= 11 is 0. The molecule has 78 valence electrons. The van der Waals surface area contributed by atoms with Crippen LogP contribution < -0.4 is 0 Å². The van der Waals surface area contributed by atoms with Crippen LogP contribution in [0.2, 0.25) is 0 Å². The number of rotatable bonds is 2. The fraction of sp³-hybridized carbons (Fsp3) is 0.111.